The highest BCUT2D eigenvalue weighted by atomic mass is 79.9. The number of carbonyl (C=O) groups excluding carboxylic acids is 1. The molecule has 1 aromatic heterocycles. The second-order valence-corrected chi connectivity index (χ2v) is 7.99. The van der Waals surface area contributed by atoms with Gasteiger partial charge in [0.2, 0.25) is 5.91 Å². The minimum Gasteiger partial charge on any atom is -0.312 e. The predicted octanol–water partition coefficient (Wildman–Crippen LogP) is 4.66. The Morgan fingerprint density at radius 1 is 1.26 bits per heavy atom. The molecule has 1 aliphatic rings. The van der Waals surface area contributed by atoms with Gasteiger partial charge < -0.3 is 4.90 Å². The third-order valence-electron chi connectivity index (χ3n) is 4.86. The molecule has 0 spiro atoms. The molecule has 0 saturated carbocycles. The van der Waals surface area contributed by atoms with E-state index in [4.69, 9.17) is 12.2 Å². The highest BCUT2D eigenvalue weighted by Gasteiger charge is 2.24. The lowest BCUT2D eigenvalue weighted by atomic mass is 10.1. The Bertz CT molecular complexity index is 1050. The number of H-pyrrole nitrogens is 1. The number of halogens is 1. The van der Waals surface area contributed by atoms with E-state index in [1.807, 2.05) is 52.8 Å². The first-order valence-electron chi connectivity index (χ1n) is 8.84. The van der Waals surface area contributed by atoms with Gasteiger partial charge in [0, 0.05) is 35.2 Å². The Kier molecular flexibility index (Phi) is 4.97. The Hall–Kier alpha value is -2.25. The minimum atomic E-state index is 0.106. The predicted molar refractivity (Wildman–Crippen MR) is 112 cm³/mol. The van der Waals surface area contributed by atoms with Crippen molar-refractivity contribution in [1.82, 2.24) is 14.8 Å². The summed E-state index contributed by atoms with van der Waals surface area (Å²) < 4.78 is 3.48. The number of hydrogen-bond acceptors (Lipinski definition) is 3. The fourth-order valence-electron chi connectivity index (χ4n) is 3.42. The number of aromatic amines is 1. The normalized spacial score (nSPS) is 13.0. The van der Waals surface area contributed by atoms with Gasteiger partial charge in [-0.05, 0) is 49.3 Å². The van der Waals surface area contributed by atoms with Gasteiger partial charge in [-0.2, -0.15) is 5.10 Å². The monoisotopic (exact) mass is 442 g/mol. The van der Waals surface area contributed by atoms with E-state index in [1.165, 1.54) is 11.1 Å². The number of aryl methyl sites for hydroxylation is 1. The first-order valence-corrected chi connectivity index (χ1v) is 10.0. The van der Waals surface area contributed by atoms with Gasteiger partial charge in [-0.15, -0.1) is 0 Å². The molecule has 0 saturated heterocycles. The molecule has 138 valence electrons. The van der Waals surface area contributed by atoms with Gasteiger partial charge in [0.15, 0.2) is 10.6 Å². The van der Waals surface area contributed by atoms with Crippen LogP contribution in [0.15, 0.2) is 46.9 Å². The van der Waals surface area contributed by atoms with Crippen LogP contribution in [-0.4, -0.2) is 27.2 Å². The maximum atomic E-state index is 12.8. The van der Waals surface area contributed by atoms with Crippen LogP contribution in [0.1, 0.15) is 17.5 Å². The highest BCUT2D eigenvalue weighted by molar-refractivity contribution is 9.10. The van der Waals surface area contributed by atoms with E-state index in [0.29, 0.717) is 17.7 Å². The van der Waals surface area contributed by atoms with Crippen molar-refractivity contribution in [1.29, 1.82) is 0 Å². The molecule has 1 N–H and O–H groups in total. The van der Waals surface area contributed by atoms with Crippen LogP contribution in [0.2, 0.25) is 0 Å². The zero-order valence-electron chi connectivity index (χ0n) is 14.9. The highest BCUT2D eigenvalue weighted by Crippen LogP contribution is 2.31. The molecular weight excluding hydrogens is 424 g/mol. The zero-order chi connectivity index (χ0) is 19.0. The third-order valence-corrected chi connectivity index (χ3v) is 5.66. The van der Waals surface area contributed by atoms with Crippen LogP contribution >= 0.6 is 28.1 Å². The van der Waals surface area contributed by atoms with Gasteiger partial charge in [0.25, 0.3) is 0 Å². The summed E-state index contributed by atoms with van der Waals surface area (Å²) in [5.41, 5.74) is 4.39. The molecule has 0 aliphatic carbocycles. The number of rotatable bonds is 4. The Balaban J connectivity index is 1.52. The molecule has 0 atom stereocenters. The van der Waals surface area contributed by atoms with Crippen molar-refractivity contribution in [3.05, 3.63) is 62.8 Å². The summed E-state index contributed by atoms with van der Waals surface area (Å²) in [7, 11) is 0. The quantitative estimate of drug-likeness (QED) is 0.597. The average Bonchev–Trinajstić information content (AvgIpc) is 3.23. The van der Waals surface area contributed by atoms with Crippen LogP contribution in [0, 0.1) is 11.7 Å². The number of anilines is 1. The van der Waals surface area contributed by atoms with Crippen LogP contribution in [0.25, 0.3) is 11.4 Å². The van der Waals surface area contributed by atoms with Crippen LogP contribution in [-0.2, 0) is 17.8 Å². The van der Waals surface area contributed by atoms with Gasteiger partial charge in [-0.1, -0.05) is 45.8 Å². The molecule has 27 heavy (non-hydrogen) atoms. The smallest absolute Gasteiger partial charge is 0.228 e. The van der Waals surface area contributed by atoms with E-state index in [-0.39, 0.29) is 5.91 Å². The number of nitrogens with one attached hydrogen (secondary N) is 1. The number of nitrogens with zero attached hydrogens (tertiary/aromatic N) is 3. The summed E-state index contributed by atoms with van der Waals surface area (Å²) in [6.45, 7) is 3.28. The first-order chi connectivity index (χ1) is 13.0. The average molecular weight is 443 g/mol. The van der Waals surface area contributed by atoms with E-state index in [2.05, 4.69) is 32.2 Å². The standard InChI is InChI=1S/C20H19BrN4OS/c1-13-2-4-14(5-3-13)19-22-23-20(27)25(19)11-9-18(26)24-10-8-15-12-16(21)6-7-17(15)24/h2-7,12H,8-11H2,1H3,(H,23,27). The van der Waals surface area contributed by atoms with Crippen molar-refractivity contribution in [2.45, 2.75) is 26.3 Å². The van der Waals surface area contributed by atoms with E-state index in [0.717, 1.165) is 34.5 Å². The summed E-state index contributed by atoms with van der Waals surface area (Å²) in [6, 6.07) is 14.2. The zero-order valence-corrected chi connectivity index (χ0v) is 17.3. The summed E-state index contributed by atoms with van der Waals surface area (Å²) in [6.07, 6.45) is 1.27. The van der Waals surface area contributed by atoms with E-state index in [9.17, 15) is 4.79 Å². The number of fused-ring (bicyclic) bond motifs is 1. The Morgan fingerprint density at radius 3 is 2.81 bits per heavy atom. The first kappa shape index (κ1) is 18.1. The molecule has 4 rings (SSSR count). The lowest BCUT2D eigenvalue weighted by molar-refractivity contribution is -0.118. The van der Waals surface area contributed by atoms with Crippen LogP contribution in [0.4, 0.5) is 5.69 Å². The van der Waals surface area contributed by atoms with Gasteiger partial charge in [0.1, 0.15) is 0 Å². The number of amides is 1. The summed E-state index contributed by atoms with van der Waals surface area (Å²) in [5.74, 6) is 0.868. The van der Waals surface area contributed by atoms with Crippen molar-refractivity contribution in [3.63, 3.8) is 0 Å². The van der Waals surface area contributed by atoms with Gasteiger partial charge in [-0.3, -0.25) is 14.5 Å². The van der Waals surface area contributed by atoms with E-state index in [1.54, 1.807) is 0 Å². The summed E-state index contributed by atoms with van der Waals surface area (Å²) in [4.78, 5) is 14.7. The Labute approximate surface area is 171 Å². The number of aromatic nitrogens is 3. The van der Waals surface area contributed by atoms with Crippen molar-refractivity contribution in [2.24, 2.45) is 0 Å². The largest absolute Gasteiger partial charge is 0.312 e. The summed E-state index contributed by atoms with van der Waals surface area (Å²) >= 11 is 8.87. The molecule has 7 heteroatoms. The molecule has 1 aliphatic heterocycles. The maximum Gasteiger partial charge on any atom is 0.228 e. The molecular formula is C20H19BrN4OS. The summed E-state index contributed by atoms with van der Waals surface area (Å²) in [5, 5.41) is 7.20. The number of carbonyl (C=O) groups is 1. The van der Waals surface area contributed by atoms with E-state index < -0.39 is 0 Å². The topological polar surface area (TPSA) is 53.9 Å². The molecule has 2 aromatic carbocycles. The molecule has 1 amide bonds. The molecule has 0 fully saturated rings. The van der Waals surface area contributed by atoms with Crippen molar-refractivity contribution in [2.75, 3.05) is 11.4 Å². The molecule has 0 radical (unpaired) electrons. The fraction of sp³-hybridized carbons (Fsp3) is 0.250. The lowest BCUT2D eigenvalue weighted by Crippen LogP contribution is -2.29. The van der Waals surface area contributed by atoms with Gasteiger partial charge in [-0.25, -0.2) is 0 Å². The van der Waals surface area contributed by atoms with Gasteiger partial charge in [0.05, 0.1) is 0 Å². The van der Waals surface area contributed by atoms with Crippen molar-refractivity contribution >= 4 is 39.7 Å². The molecule has 5 nitrogen and oxygen atoms in total. The van der Waals surface area contributed by atoms with Crippen LogP contribution in [0.3, 0.4) is 0 Å². The maximum absolute atomic E-state index is 12.8. The molecule has 0 bridgehead atoms. The van der Waals surface area contributed by atoms with Crippen LogP contribution in [0.5, 0.6) is 0 Å². The molecule has 2 heterocycles. The second-order valence-electron chi connectivity index (χ2n) is 6.69. The number of benzene rings is 2. The minimum absolute atomic E-state index is 0.106. The molecule has 0 unspecified atom stereocenters. The van der Waals surface area contributed by atoms with Crippen LogP contribution < -0.4 is 4.90 Å². The third kappa shape index (κ3) is 3.61. The second kappa shape index (κ2) is 7.40. The molecule has 3 aromatic rings. The van der Waals surface area contributed by atoms with E-state index >= 15 is 0 Å². The fourth-order valence-corrected chi connectivity index (χ4v) is 4.05. The Morgan fingerprint density at radius 2 is 2.04 bits per heavy atom. The van der Waals surface area contributed by atoms with Gasteiger partial charge >= 0.3 is 0 Å². The lowest BCUT2D eigenvalue weighted by Gasteiger charge is -2.18. The van der Waals surface area contributed by atoms with Crippen molar-refractivity contribution < 1.29 is 4.79 Å². The van der Waals surface area contributed by atoms with Crippen molar-refractivity contribution in [3.8, 4) is 11.4 Å². The number of hydrogen-bond donors (Lipinski definition) is 1. The SMILES string of the molecule is Cc1ccc(-c2n[nH]c(=S)n2CCC(=O)N2CCc3cc(Br)ccc32)cc1.